The van der Waals surface area contributed by atoms with Crippen LogP contribution in [0.3, 0.4) is 0 Å². The minimum atomic E-state index is -1.32. The van der Waals surface area contributed by atoms with Crippen molar-refractivity contribution in [1.82, 2.24) is 0 Å². The van der Waals surface area contributed by atoms with Crippen LogP contribution in [0.15, 0.2) is 36.4 Å². The summed E-state index contributed by atoms with van der Waals surface area (Å²) in [6, 6.07) is 7.16. The highest BCUT2D eigenvalue weighted by atomic mass is 19.1. The maximum atomic E-state index is 13.3. The number of carbonyl (C=O) groups is 1. The fraction of sp³-hybridized carbons (Fsp3) is 0.0714. The quantitative estimate of drug-likeness (QED) is 0.687. The van der Waals surface area contributed by atoms with E-state index in [4.69, 9.17) is 9.84 Å². The maximum absolute atomic E-state index is 13.3. The Bertz CT molecular complexity index is 729. The molecule has 2 aromatic rings. The van der Waals surface area contributed by atoms with E-state index in [2.05, 4.69) is 0 Å². The SMILES string of the molecule is Cc1cccc([N+](=O)[O-])c1Oc1cc(F)ccc1C(=O)O. The zero-order valence-corrected chi connectivity index (χ0v) is 10.9. The third-order valence-corrected chi connectivity index (χ3v) is 2.77. The molecule has 2 rings (SSSR count). The van der Waals surface area contributed by atoms with Crippen molar-refractivity contribution < 1.29 is 24.0 Å². The molecule has 0 heterocycles. The lowest BCUT2D eigenvalue weighted by atomic mass is 10.1. The van der Waals surface area contributed by atoms with Gasteiger partial charge in [-0.25, -0.2) is 9.18 Å². The number of carboxylic acid groups (broad SMARTS) is 1. The Kier molecular flexibility index (Phi) is 3.84. The first kappa shape index (κ1) is 14.4. The molecule has 6 nitrogen and oxygen atoms in total. The van der Waals surface area contributed by atoms with Crippen LogP contribution in [0.1, 0.15) is 15.9 Å². The maximum Gasteiger partial charge on any atom is 0.339 e. The molecule has 1 N–H and O–H groups in total. The van der Waals surface area contributed by atoms with E-state index in [1.165, 1.54) is 12.1 Å². The minimum Gasteiger partial charge on any atom is -0.478 e. The fourth-order valence-electron chi connectivity index (χ4n) is 1.78. The van der Waals surface area contributed by atoms with E-state index in [9.17, 15) is 19.3 Å². The molecule has 0 aliphatic carbocycles. The average molecular weight is 291 g/mol. The molecule has 0 aromatic heterocycles. The minimum absolute atomic E-state index is 0.115. The summed E-state index contributed by atoms with van der Waals surface area (Å²) in [4.78, 5) is 21.4. The second kappa shape index (κ2) is 5.58. The van der Waals surface area contributed by atoms with Crippen LogP contribution in [0.25, 0.3) is 0 Å². The molecule has 0 atom stereocenters. The van der Waals surface area contributed by atoms with Crippen LogP contribution in [0.4, 0.5) is 10.1 Å². The molecule has 0 fully saturated rings. The van der Waals surface area contributed by atoms with Gasteiger partial charge in [0.25, 0.3) is 0 Å². The van der Waals surface area contributed by atoms with Crippen LogP contribution in [-0.2, 0) is 0 Å². The molecule has 21 heavy (non-hydrogen) atoms. The third-order valence-electron chi connectivity index (χ3n) is 2.77. The number of hydrogen-bond acceptors (Lipinski definition) is 4. The number of nitro groups is 1. The highest BCUT2D eigenvalue weighted by molar-refractivity contribution is 5.91. The Hall–Kier alpha value is -2.96. The van der Waals surface area contributed by atoms with Gasteiger partial charge < -0.3 is 9.84 Å². The summed E-state index contributed by atoms with van der Waals surface area (Å²) in [5.41, 5.74) is -0.172. The van der Waals surface area contributed by atoms with Gasteiger partial charge in [0.05, 0.1) is 4.92 Å². The second-order valence-corrected chi connectivity index (χ2v) is 4.23. The van der Waals surface area contributed by atoms with Crippen LogP contribution in [0, 0.1) is 22.9 Å². The van der Waals surface area contributed by atoms with Gasteiger partial charge in [-0.2, -0.15) is 0 Å². The van der Waals surface area contributed by atoms with Gasteiger partial charge >= 0.3 is 11.7 Å². The van der Waals surface area contributed by atoms with Gasteiger partial charge in [-0.15, -0.1) is 0 Å². The summed E-state index contributed by atoms with van der Waals surface area (Å²) in [5.74, 6) is -2.43. The van der Waals surface area contributed by atoms with E-state index in [-0.39, 0.29) is 22.7 Å². The number of ether oxygens (including phenoxy) is 1. The van der Waals surface area contributed by atoms with Gasteiger partial charge in [0.15, 0.2) is 0 Å². The molecule has 0 aliphatic rings. The van der Waals surface area contributed by atoms with Gasteiger partial charge in [0.1, 0.15) is 17.1 Å². The van der Waals surface area contributed by atoms with Crippen molar-refractivity contribution in [2.45, 2.75) is 6.92 Å². The molecular weight excluding hydrogens is 281 g/mol. The summed E-state index contributed by atoms with van der Waals surface area (Å²) < 4.78 is 18.6. The van der Waals surface area contributed by atoms with Crippen LogP contribution in [-0.4, -0.2) is 16.0 Å². The molecule has 108 valence electrons. The van der Waals surface area contributed by atoms with E-state index >= 15 is 0 Å². The van der Waals surface area contributed by atoms with Crippen LogP contribution >= 0.6 is 0 Å². The van der Waals surface area contributed by atoms with E-state index in [0.717, 1.165) is 18.2 Å². The van der Waals surface area contributed by atoms with E-state index in [1.807, 2.05) is 0 Å². The monoisotopic (exact) mass is 291 g/mol. The Morgan fingerprint density at radius 3 is 2.67 bits per heavy atom. The van der Waals surface area contributed by atoms with Crippen molar-refractivity contribution in [2.24, 2.45) is 0 Å². The molecule has 2 aromatic carbocycles. The molecule has 0 aliphatic heterocycles. The van der Waals surface area contributed by atoms with E-state index in [0.29, 0.717) is 5.56 Å². The number of carboxylic acids is 1. The molecule has 0 saturated carbocycles. The number of hydrogen-bond donors (Lipinski definition) is 1. The first-order chi connectivity index (χ1) is 9.90. The zero-order valence-electron chi connectivity index (χ0n) is 10.9. The van der Waals surface area contributed by atoms with Crippen LogP contribution in [0.5, 0.6) is 11.5 Å². The summed E-state index contributed by atoms with van der Waals surface area (Å²) >= 11 is 0. The predicted octanol–water partition coefficient (Wildman–Crippen LogP) is 3.53. The topological polar surface area (TPSA) is 89.7 Å². The van der Waals surface area contributed by atoms with Crippen molar-refractivity contribution in [3.05, 3.63) is 63.5 Å². The van der Waals surface area contributed by atoms with Crippen LogP contribution in [0.2, 0.25) is 0 Å². The summed E-state index contributed by atoms with van der Waals surface area (Å²) in [7, 11) is 0. The highest BCUT2D eigenvalue weighted by Crippen LogP contribution is 2.35. The van der Waals surface area contributed by atoms with E-state index in [1.54, 1.807) is 13.0 Å². The normalized spacial score (nSPS) is 10.2. The van der Waals surface area contributed by atoms with Crippen molar-refractivity contribution in [1.29, 1.82) is 0 Å². The van der Waals surface area contributed by atoms with Gasteiger partial charge in [0.2, 0.25) is 5.75 Å². The third kappa shape index (κ3) is 2.97. The molecular formula is C14H10FNO5. The van der Waals surface area contributed by atoms with Crippen LogP contribution < -0.4 is 4.74 Å². The molecule has 0 spiro atoms. The lowest BCUT2D eigenvalue weighted by molar-refractivity contribution is -0.385. The van der Waals surface area contributed by atoms with Gasteiger partial charge in [-0.1, -0.05) is 12.1 Å². The molecule has 7 heteroatoms. The Labute approximate surface area is 118 Å². The van der Waals surface area contributed by atoms with Gasteiger partial charge in [0, 0.05) is 12.1 Å². The van der Waals surface area contributed by atoms with Crippen molar-refractivity contribution in [2.75, 3.05) is 0 Å². The lowest BCUT2D eigenvalue weighted by Crippen LogP contribution is -2.02. The second-order valence-electron chi connectivity index (χ2n) is 4.23. The van der Waals surface area contributed by atoms with E-state index < -0.39 is 16.7 Å². The predicted molar refractivity (Wildman–Crippen MR) is 71.3 cm³/mol. The summed E-state index contributed by atoms with van der Waals surface area (Å²) in [5, 5.41) is 20.0. The molecule has 0 radical (unpaired) electrons. The first-order valence-corrected chi connectivity index (χ1v) is 5.85. The number of aromatic carboxylic acids is 1. The summed E-state index contributed by atoms with van der Waals surface area (Å²) in [6.07, 6.45) is 0. The number of nitro benzene ring substituents is 1. The lowest BCUT2D eigenvalue weighted by Gasteiger charge is -2.11. The van der Waals surface area contributed by atoms with Gasteiger partial charge in [-0.3, -0.25) is 10.1 Å². The average Bonchev–Trinajstić information content (AvgIpc) is 2.40. The molecule has 0 unspecified atom stereocenters. The Morgan fingerprint density at radius 1 is 1.33 bits per heavy atom. The zero-order chi connectivity index (χ0) is 15.6. The molecule has 0 saturated heterocycles. The standard InChI is InChI=1S/C14H10FNO5/c1-8-3-2-4-11(16(19)20)13(8)21-12-7-9(15)5-6-10(12)14(17)18/h2-7H,1H3,(H,17,18). The Balaban J connectivity index is 2.55. The number of rotatable bonds is 4. The largest absolute Gasteiger partial charge is 0.478 e. The molecule has 0 amide bonds. The molecule has 0 bridgehead atoms. The number of para-hydroxylation sites is 1. The summed E-state index contributed by atoms with van der Waals surface area (Å²) in [6.45, 7) is 1.57. The number of halogens is 1. The Morgan fingerprint density at radius 2 is 2.05 bits per heavy atom. The first-order valence-electron chi connectivity index (χ1n) is 5.85. The van der Waals surface area contributed by atoms with Crippen molar-refractivity contribution in [3.63, 3.8) is 0 Å². The number of benzene rings is 2. The van der Waals surface area contributed by atoms with Crippen molar-refractivity contribution >= 4 is 11.7 Å². The number of nitrogens with zero attached hydrogens (tertiary/aromatic N) is 1. The van der Waals surface area contributed by atoms with Gasteiger partial charge in [-0.05, 0) is 24.6 Å². The fourth-order valence-corrected chi connectivity index (χ4v) is 1.78. The van der Waals surface area contributed by atoms with Crippen molar-refractivity contribution in [3.8, 4) is 11.5 Å². The number of aryl methyl sites for hydroxylation is 1. The highest BCUT2D eigenvalue weighted by Gasteiger charge is 2.21. The smallest absolute Gasteiger partial charge is 0.339 e.